The molecule has 0 aliphatic rings. The van der Waals surface area contributed by atoms with E-state index in [9.17, 15) is 13.2 Å². The van der Waals surface area contributed by atoms with Crippen LogP contribution in [0.1, 0.15) is 0 Å². The molecule has 5 heteroatoms. The molecular formula is C2H5F3N2. The van der Waals surface area contributed by atoms with Crippen LogP contribution in [0.5, 0.6) is 0 Å². The van der Waals surface area contributed by atoms with Crippen molar-refractivity contribution in [2.75, 3.05) is 7.05 Å². The van der Waals surface area contributed by atoms with E-state index in [4.69, 9.17) is 0 Å². The van der Waals surface area contributed by atoms with Crippen molar-refractivity contribution < 1.29 is 13.2 Å². The van der Waals surface area contributed by atoms with E-state index in [1.165, 1.54) is 0 Å². The first-order valence-electron chi connectivity index (χ1n) is 1.57. The normalized spacial score (nSPS) is 12.0. The molecule has 44 valence electrons. The van der Waals surface area contributed by atoms with Gasteiger partial charge in [0.15, 0.2) is 0 Å². The van der Waals surface area contributed by atoms with Crippen LogP contribution < -0.4 is 10.9 Å². The molecule has 0 aromatic carbocycles. The van der Waals surface area contributed by atoms with Gasteiger partial charge in [0, 0.05) is 0 Å². The fourth-order valence-electron chi connectivity index (χ4n) is 0.142. The molecular weight excluding hydrogens is 109 g/mol. The van der Waals surface area contributed by atoms with E-state index in [1.54, 1.807) is 5.43 Å². The van der Waals surface area contributed by atoms with Crippen LogP contribution in [-0.2, 0) is 0 Å². The summed E-state index contributed by atoms with van der Waals surface area (Å²) in [6.45, 7) is 0. The molecule has 0 unspecified atom stereocenters. The zero-order valence-electron chi connectivity index (χ0n) is 3.63. The van der Waals surface area contributed by atoms with Gasteiger partial charge in [-0.3, -0.25) is 5.43 Å². The number of hydrazine groups is 1. The first-order valence-corrected chi connectivity index (χ1v) is 1.57. The minimum atomic E-state index is -4.31. The summed E-state index contributed by atoms with van der Waals surface area (Å²) in [6, 6.07) is 0. The Kier molecular flexibility index (Phi) is 2.04. The minimum Gasteiger partial charge on any atom is -0.254 e. The third-order valence-corrected chi connectivity index (χ3v) is 0.267. The predicted molar refractivity (Wildman–Crippen MR) is 18.3 cm³/mol. The molecule has 0 rings (SSSR count). The summed E-state index contributed by atoms with van der Waals surface area (Å²) in [4.78, 5) is 0. The zero-order chi connectivity index (χ0) is 5.91. The van der Waals surface area contributed by atoms with Crippen LogP contribution in [0.15, 0.2) is 0 Å². The van der Waals surface area contributed by atoms with Crippen molar-refractivity contribution in [1.82, 2.24) is 10.9 Å². The average molecular weight is 114 g/mol. The highest BCUT2D eigenvalue weighted by molar-refractivity contribution is 4.33. The van der Waals surface area contributed by atoms with Crippen molar-refractivity contribution in [3.63, 3.8) is 0 Å². The largest absolute Gasteiger partial charge is 0.470 e. The summed E-state index contributed by atoms with van der Waals surface area (Å²) in [5.41, 5.74) is 2.77. The molecule has 0 atom stereocenters. The van der Waals surface area contributed by atoms with Gasteiger partial charge in [0.1, 0.15) is 0 Å². The van der Waals surface area contributed by atoms with E-state index in [2.05, 4.69) is 0 Å². The Morgan fingerprint density at radius 1 is 1.29 bits per heavy atom. The van der Waals surface area contributed by atoms with Crippen molar-refractivity contribution in [3.05, 3.63) is 0 Å². The maximum atomic E-state index is 10.9. The molecule has 0 aliphatic carbocycles. The lowest BCUT2D eigenvalue weighted by atomic mass is 11.2. The highest BCUT2D eigenvalue weighted by atomic mass is 19.4. The summed E-state index contributed by atoms with van der Waals surface area (Å²) < 4.78 is 32.6. The molecule has 2 N–H and O–H groups in total. The number of alkyl halides is 3. The van der Waals surface area contributed by atoms with Crippen LogP contribution in [0, 0.1) is 0 Å². The lowest BCUT2D eigenvalue weighted by Crippen LogP contribution is -2.40. The SMILES string of the molecule is CNNC(F)(F)F. The Bertz CT molecular complexity index is 49.4. The third-order valence-electron chi connectivity index (χ3n) is 0.267. The summed E-state index contributed by atoms with van der Waals surface area (Å²) in [7, 11) is 1.15. The fraction of sp³-hybridized carbons (Fsp3) is 1.00. The summed E-state index contributed by atoms with van der Waals surface area (Å²) in [5, 5.41) is 0. The molecule has 0 bridgehead atoms. The standard InChI is InChI=1S/C2H5F3N2/c1-6-7-2(3,4)5/h6-7H,1H3. The maximum absolute atomic E-state index is 10.9. The van der Waals surface area contributed by atoms with Crippen molar-refractivity contribution in [2.45, 2.75) is 6.30 Å². The smallest absolute Gasteiger partial charge is 0.254 e. The molecule has 7 heavy (non-hydrogen) atoms. The van der Waals surface area contributed by atoms with Crippen LogP contribution in [0.2, 0.25) is 0 Å². The van der Waals surface area contributed by atoms with Crippen LogP contribution in [0.4, 0.5) is 13.2 Å². The number of hydrogen-bond donors (Lipinski definition) is 2. The molecule has 0 spiro atoms. The van der Waals surface area contributed by atoms with Gasteiger partial charge < -0.3 is 0 Å². The van der Waals surface area contributed by atoms with Gasteiger partial charge in [-0.1, -0.05) is 0 Å². The first-order chi connectivity index (χ1) is 3.06. The quantitative estimate of drug-likeness (QED) is 0.376. The number of halogens is 3. The Hall–Kier alpha value is -0.290. The van der Waals surface area contributed by atoms with Crippen LogP contribution in [0.3, 0.4) is 0 Å². The van der Waals surface area contributed by atoms with Gasteiger partial charge in [-0.05, 0) is 7.05 Å². The van der Waals surface area contributed by atoms with Gasteiger partial charge in [-0.15, -0.1) is 0 Å². The Balaban J connectivity index is 3.15. The van der Waals surface area contributed by atoms with Crippen LogP contribution in [-0.4, -0.2) is 13.3 Å². The second kappa shape index (κ2) is 2.13. The van der Waals surface area contributed by atoms with Crippen molar-refractivity contribution in [3.8, 4) is 0 Å². The maximum Gasteiger partial charge on any atom is 0.470 e. The molecule has 2 nitrogen and oxygen atoms in total. The molecule has 0 amide bonds. The summed E-state index contributed by atoms with van der Waals surface area (Å²) in [6.07, 6.45) is -4.31. The first kappa shape index (κ1) is 6.71. The van der Waals surface area contributed by atoms with E-state index in [0.717, 1.165) is 12.5 Å². The van der Waals surface area contributed by atoms with Crippen molar-refractivity contribution >= 4 is 0 Å². The van der Waals surface area contributed by atoms with Gasteiger partial charge in [0.2, 0.25) is 0 Å². The van der Waals surface area contributed by atoms with Crippen LogP contribution >= 0.6 is 0 Å². The number of rotatable bonds is 1. The lowest BCUT2D eigenvalue weighted by molar-refractivity contribution is -0.165. The molecule has 0 fully saturated rings. The summed E-state index contributed by atoms with van der Waals surface area (Å²) >= 11 is 0. The van der Waals surface area contributed by atoms with Gasteiger partial charge >= 0.3 is 6.30 Å². The lowest BCUT2D eigenvalue weighted by Gasteiger charge is -2.03. The van der Waals surface area contributed by atoms with Crippen LogP contribution in [0.25, 0.3) is 0 Å². The third kappa shape index (κ3) is 5.71. The number of hydrogen-bond acceptors (Lipinski definition) is 2. The highest BCUT2D eigenvalue weighted by Gasteiger charge is 2.24. The van der Waals surface area contributed by atoms with Crippen molar-refractivity contribution in [1.29, 1.82) is 0 Å². The van der Waals surface area contributed by atoms with Gasteiger partial charge in [0.25, 0.3) is 0 Å². The van der Waals surface area contributed by atoms with E-state index in [0.29, 0.717) is 0 Å². The molecule has 0 aromatic rings. The fourth-order valence-corrected chi connectivity index (χ4v) is 0.142. The van der Waals surface area contributed by atoms with E-state index in [1.807, 2.05) is 0 Å². The highest BCUT2D eigenvalue weighted by Crippen LogP contribution is 2.06. The molecule has 0 saturated heterocycles. The molecule has 0 aromatic heterocycles. The molecule has 0 saturated carbocycles. The Morgan fingerprint density at radius 2 is 1.71 bits per heavy atom. The molecule has 0 heterocycles. The second-order valence-corrected chi connectivity index (χ2v) is 0.873. The predicted octanol–water partition coefficient (Wildman–Crippen LogP) is 0.230. The minimum absolute atomic E-state index is 1.03. The number of nitrogens with one attached hydrogen (secondary N) is 2. The Morgan fingerprint density at radius 3 is 1.71 bits per heavy atom. The molecule has 0 aliphatic heterocycles. The summed E-state index contributed by atoms with van der Waals surface area (Å²) in [5.74, 6) is 0. The Labute approximate surface area is 38.7 Å². The monoisotopic (exact) mass is 114 g/mol. The zero-order valence-corrected chi connectivity index (χ0v) is 3.63. The topological polar surface area (TPSA) is 24.1 Å². The molecule has 0 radical (unpaired) electrons. The van der Waals surface area contributed by atoms with Crippen molar-refractivity contribution in [2.24, 2.45) is 0 Å². The van der Waals surface area contributed by atoms with Gasteiger partial charge in [-0.25, -0.2) is 0 Å². The average Bonchev–Trinajstić information content (AvgIpc) is 1.30. The van der Waals surface area contributed by atoms with Gasteiger partial charge in [0.05, 0.1) is 0 Å². The van der Waals surface area contributed by atoms with E-state index in [-0.39, 0.29) is 0 Å². The van der Waals surface area contributed by atoms with Gasteiger partial charge in [-0.2, -0.15) is 18.6 Å². The second-order valence-electron chi connectivity index (χ2n) is 0.873. The van der Waals surface area contributed by atoms with E-state index >= 15 is 0 Å². The van der Waals surface area contributed by atoms with E-state index < -0.39 is 6.30 Å².